The van der Waals surface area contributed by atoms with Gasteiger partial charge >= 0.3 is 0 Å². The third kappa shape index (κ3) is 3.13. The average Bonchev–Trinajstić information content (AvgIpc) is 2.49. The molecule has 0 saturated carbocycles. The Hall–Kier alpha value is -1.41. The molecule has 4 heteroatoms. The minimum Gasteiger partial charge on any atom is -0.390 e. The molecule has 0 spiro atoms. The molecule has 1 aliphatic rings. The zero-order valence-electron chi connectivity index (χ0n) is 11.1. The second-order valence-corrected chi connectivity index (χ2v) is 5.25. The van der Waals surface area contributed by atoms with E-state index in [9.17, 15) is 10.4 Å². The average molecular weight is 259 g/mol. The van der Waals surface area contributed by atoms with Crippen molar-refractivity contribution in [2.24, 2.45) is 5.73 Å². The highest BCUT2D eigenvalue weighted by Crippen LogP contribution is 2.34. The summed E-state index contributed by atoms with van der Waals surface area (Å²) in [6, 6.07) is 12.5. The molecular weight excluding hydrogens is 238 g/mol. The van der Waals surface area contributed by atoms with Crippen LogP contribution in [0.25, 0.3) is 0 Å². The van der Waals surface area contributed by atoms with Crippen molar-refractivity contribution < 1.29 is 5.11 Å². The molecule has 4 nitrogen and oxygen atoms in total. The molecule has 19 heavy (non-hydrogen) atoms. The second kappa shape index (κ2) is 6.16. The van der Waals surface area contributed by atoms with Gasteiger partial charge in [-0.1, -0.05) is 30.3 Å². The van der Waals surface area contributed by atoms with E-state index in [-0.39, 0.29) is 5.41 Å². The van der Waals surface area contributed by atoms with Crippen molar-refractivity contribution in [1.82, 2.24) is 4.90 Å². The number of benzene rings is 1. The van der Waals surface area contributed by atoms with Crippen LogP contribution in [-0.2, 0) is 5.41 Å². The number of likely N-dealkylation sites (tertiary alicyclic amines) is 1. The third-order valence-corrected chi connectivity index (χ3v) is 3.99. The number of hydrogen-bond acceptors (Lipinski definition) is 4. The SMILES string of the molecule is N#CC1(c2ccccc2)CCN(CC(O)CN)CC1. The van der Waals surface area contributed by atoms with Crippen LogP contribution in [0, 0.1) is 11.3 Å². The van der Waals surface area contributed by atoms with E-state index < -0.39 is 6.10 Å². The van der Waals surface area contributed by atoms with E-state index in [1.165, 1.54) is 0 Å². The fourth-order valence-electron chi connectivity index (χ4n) is 2.71. The Kier molecular flexibility index (Phi) is 4.54. The maximum atomic E-state index is 9.58. The molecule has 1 aromatic carbocycles. The van der Waals surface area contributed by atoms with Crippen LogP contribution < -0.4 is 5.73 Å². The largest absolute Gasteiger partial charge is 0.390 e. The first-order valence-electron chi connectivity index (χ1n) is 6.77. The molecule has 0 aromatic heterocycles. The first-order valence-corrected chi connectivity index (χ1v) is 6.77. The fraction of sp³-hybridized carbons (Fsp3) is 0.533. The predicted octanol–water partition coefficient (Wildman–Crippen LogP) is 0.863. The fourth-order valence-corrected chi connectivity index (χ4v) is 2.71. The highest BCUT2D eigenvalue weighted by molar-refractivity contribution is 5.33. The Balaban J connectivity index is 2.03. The monoisotopic (exact) mass is 259 g/mol. The van der Waals surface area contributed by atoms with Gasteiger partial charge in [0.05, 0.1) is 17.6 Å². The highest BCUT2D eigenvalue weighted by Gasteiger charge is 2.36. The van der Waals surface area contributed by atoms with E-state index in [0.29, 0.717) is 13.1 Å². The molecule has 0 radical (unpaired) electrons. The van der Waals surface area contributed by atoms with Crippen molar-refractivity contribution in [3.05, 3.63) is 35.9 Å². The number of nitrogens with zero attached hydrogens (tertiary/aromatic N) is 2. The zero-order valence-corrected chi connectivity index (χ0v) is 11.1. The van der Waals surface area contributed by atoms with Crippen LogP contribution in [0.3, 0.4) is 0 Å². The first kappa shape index (κ1) is 14.0. The summed E-state index contributed by atoms with van der Waals surface area (Å²) in [5.74, 6) is 0. The van der Waals surface area contributed by atoms with Crippen LogP contribution in [0.4, 0.5) is 0 Å². The molecule has 102 valence electrons. The van der Waals surface area contributed by atoms with Gasteiger partial charge in [0.1, 0.15) is 0 Å². The molecule has 1 saturated heterocycles. The number of hydrogen-bond donors (Lipinski definition) is 2. The maximum absolute atomic E-state index is 9.58. The van der Waals surface area contributed by atoms with E-state index in [0.717, 1.165) is 31.5 Å². The first-order chi connectivity index (χ1) is 9.20. The smallest absolute Gasteiger partial charge is 0.0846 e. The molecule has 1 aliphatic heterocycles. The molecule has 2 rings (SSSR count). The van der Waals surface area contributed by atoms with E-state index in [1.54, 1.807) is 0 Å². The van der Waals surface area contributed by atoms with Gasteiger partial charge in [-0.15, -0.1) is 0 Å². The summed E-state index contributed by atoms with van der Waals surface area (Å²) in [6.07, 6.45) is 1.15. The maximum Gasteiger partial charge on any atom is 0.0846 e. The number of aliphatic hydroxyl groups excluding tert-OH is 1. The molecule has 1 heterocycles. The van der Waals surface area contributed by atoms with E-state index in [4.69, 9.17) is 5.73 Å². The zero-order chi connectivity index (χ0) is 13.7. The normalized spacial score (nSPS) is 20.7. The van der Waals surface area contributed by atoms with Crippen molar-refractivity contribution >= 4 is 0 Å². The van der Waals surface area contributed by atoms with Gasteiger partial charge in [0.15, 0.2) is 0 Å². The summed E-state index contributed by atoms with van der Waals surface area (Å²) in [4.78, 5) is 2.19. The summed E-state index contributed by atoms with van der Waals surface area (Å²) in [6.45, 7) is 2.56. The molecule has 0 aliphatic carbocycles. The van der Waals surface area contributed by atoms with Crippen molar-refractivity contribution in [2.75, 3.05) is 26.2 Å². The summed E-state index contributed by atoms with van der Waals surface area (Å²) >= 11 is 0. The quantitative estimate of drug-likeness (QED) is 0.841. The lowest BCUT2D eigenvalue weighted by Crippen LogP contribution is -2.45. The lowest BCUT2D eigenvalue weighted by atomic mass is 9.74. The van der Waals surface area contributed by atoms with Crippen LogP contribution in [0.2, 0.25) is 0 Å². The lowest BCUT2D eigenvalue weighted by Gasteiger charge is -2.38. The summed E-state index contributed by atoms with van der Waals surface area (Å²) in [5, 5.41) is 19.2. The van der Waals surface area contributed by atoms with Gasteiger partial charge < -0.3 is 15.7 Å². The van der Waals surface area contributed by atoms with Gasteiger partial charge in [0, 0.05) is 26.2 Å². The van der Waals surface area contributed by atoms with Crippen LogP contribution >= 0.6 is 0 Å². The Bertz CT molecular complexity index is 432. The number of nitrogens with two attached hydrogens (primary N) is 1. The van der Waals surface area contributed by atoms with E-state index >= 15 is 0 Å². The van der Waals surface area contributed by atoms with E-state index in [2.05, 4.69) is 11.0 Å². The molecule has 3 N–H and O–H groups in total. The minimum atomic E-state index is -0.466. The Morgan fingerprint density at radius 1 is 1.32 bits per heavy atom. The summed E-state index contributed by atoms with van der Waals surface area (Å²) in [5.41, 5.74) is 6.17. The van der Waals surface area contributed by atoms with Gasteiger partial charge in [-0.3, -0.25) is 0 Å². The molecular formula is C15H21N3O. The Morgan fingerprint density at radius 3 is 2.47 bits per heavy atom. The van der Waals surface area contributed by atoms with Gasteiger partial charge in [-0.25, -0.2) is 0 Å². The second-order valence-electron chi connectivity index (χ2n) is 5.25. The minimum absolute atomic E-state index is 0.290. The molecule has 1 aromatic rings. The van der Waals surface area contributed by atoms with Gasteiger partial charge in [-0.2, -0.15) is 5.26 Å². The van der Waals surface area contributed by atoms with Crippen molar-refractivity contribution in [3.8, 4) is 6.07 Å². The number of β-amino-alcohol motifs (C(OH)–C–C–N with tert-alkyl or cyclic N) is 1. The number of aliphatic hydroxyl groups is 1. The van der Waals surface area contributed by atoms with E-state index in [1.807, 2.05) is 30.3 Å². The van der Waals surface area contributed by atoms with Crippen LogP contribution in [0.15, 0.2) is 30.3 Å². The summed E-state index contributed by atoms with van der Waals surface area (Å²) < 4.78 is 0. The number of piperidine rings is 1. The predicted molar refractivity (Wildman–Crippen MR) is 74.5 cm³/mol. The summed E-state index contributed by atoms with van der Waals surface area (Å²) in [7, 11) is 0. The topological polar surface area (TPSA) is 73.3 Å². The number of nitriles is 1. The molecule has 0 bridgehead atoms. The molecule has 0 amide bonds. The van der Waals surface area contributed by atoms with Crippen molar-refractivity contribution in [1.29, 1.82) is 5.26 Å². The Morgan fingerprint density at radius 2 is 1.95 bits per heavy atom. The van der Waals surface area contributed by atoms with Crippen LogP contribution in [0.5, 0.6) is 0 Å². The van der Waals surface area contributed by atoms with Gasteiger partial charge in [-0.05, 0) is 18.4 Å². The van der Waals surface area contributed by atoms with Gasteiger partial charge in [0.2, 0.25) is 0 Å². The highest BCUT2D eigenvalue weighted by atomic mass is 16.3. The van der Waals surface area contributed by atoms with Crippen LogP contribution in [-0.4, -0.2) is 42.3 Å². The molecule has 1 atom stereocenters. The molecule has 1 fully saturated rings. The van der Waals surface area contributed by atoms with Crippen molar-refractivity contribution in [3.63, 3.8) is 0 Å². The number of rotatable bonds is 4. The van der Waals surface area contributed by atoms with Crippen LogP contribution in [0.1, 0.15) is 18.4 Å². The standard InChI is InChI=1S/C15H21N3O/c16-10-14(19)11-18-8-6-15(12-17,7-9-18)13-4-2-1-3-5-13/h1-5,14,19H,6-11,16H2. The third-order valence-electron chi connectivity index (χ3n) is 3.99. The van der Waals surface area contributed by atoms with Gasteiger partial charge in [0.25, 0.3) is 0 Å². The lowest BCUT2D eigenvalue weighted by molar-refractivity contribution is 0.0946. The Labute approximate surface area is 114 Å². The molecule has 1 unspecified atom stereocenters. The van der Waals surface area contributed by atoms with Crippen molar-refractivity contribution in [2.45, 2.75) is 24.4 Å².